The molecule has 0 aliphatic carbocycles. The van der Waals surface area contributed by atoms with Crippen LogP contribution in [-0.4, -0.2) is 52.2 Å². The smallest absolute Gasteiger partial charge is 0.261 e. The van der Waals surface area contributed by atoms with Crippen molar-refractivity contribution in [2.24, 2.45) is 0 Å². The Morgan fingerprint density at radius 1 is 1.00 bits per heavy atom. The Balaban J connectivity index is 1.22. The van der Waals surface area contributed by atoms with E-state index in [2.05, 4.69) is 19.8 Å². The van der Waals surface area contributed by atoms with Crippen molar-refractivity contribution in [3.63, 3.8) is 0 Å². The summed E-state index contributed by atoms with van der Waals surface area (Å²) in [5.74, 6) is 0.821. The maximum Gasteiger partial charge on any atom is 0.261 e. The van der Waals surface area contributed by atoms with Crippen LogP contribution >= 0.6 is 0 Å². The summed E-state index contributed by atoms with van der Waals surface area (Å²) in [5.41, 5.74) is 0.694. The minimum Gasteiger partial charge on any atom is -0.464 e. The molecule has 0 aromatic carbocycles. The highest BCUT2D eigenvalue weighted by Gasteiger charge is 2.18. The summed E-state index contributed by atoms with van der Waals surface area (Å²) in [7, 11) is 0. The number of unbranched alkanes of at least 4 members (excludes halogenated alkanes) is 1. The second-order valence-corrected chi connectivity index (χ2v) is 6.60. The number of piperazine rings is 1. The highest BCUT2D eigenvalue weighted by molar-refractivity contribution is 5.75. The zero-order valence-corrected chi connectivity index (χ0v) is 14.8. The van der Waals surface area contributed by atoms with Gasteiger partial charge in [0.05, 0.1) is 11.6 Å². The van der Waals surface area contributed by atoms with Gasteiger partial charge >= 0.3 is 0 Å². The Morgan fingerprint density at radius 2 is 1.77 bits per heavy atom. The molecule has 0 N–H and O–H groups in total. The van der Waals surface area contributed by atoms with E-state index in [0.717, 1.165) is 58.1 Å². The minimum atomic E-state index is 0.0349. The van der Waals surface area contributed by atoms with Crippen LogP contribution in [0.3, 0.4) is 0 Å². The van der Waals surface area contributed by atoms with Crippen LogP contribution in [0.25, 0.3) is 11.0 Å². The lowest BCUT2D eigenvalue weighted by atomic mass is 10.2. The molecule has 0 unspecified atom stereocenters. The third-order valence-electron chi connectivity index (χ3n) is 4.92. The molecule has 7 heteroatoms. The van der Waals surface area contributed by atoms with E-state index in [0.29, 0.717) is 11.0 Å². The zero-order chi connectivity index (χ0) is 17.8. The second-order valence-electron chi connectivity index (χ2n) is 6.60. The molecule has 0 saturated carbocycles. The van der Waals surface area contributed by atoms with Gasteiger partial charge in [0.15, 0.2) is 0 Å². The van der Waals surface area contributed by atoms with Crippen LogP contribution in [0.4, 0.5) is 5.95 Å². The van der Waals surface area contributed by atoms with E-state index in [4.69, 9.17) is 4.42 Å². The fourth-order valence-corrected chi connectivity index (χ4v) is 3.43. The number of rotatable bonds is 6. The predicted molar refractivity (Wildman–Crippen MR) is 100 cm³/mol. The number of anilines is 1. The molecule has 4 rings (SSSR count). The van der Waals surface area contributed by atoms with Crippen LogP contribution in [0, 0.1) is 0 Å². The number of nitrogens with zero attached hydrogens (tertiary/aromatic N) is 5. The molecule has 1 aliphatic heterocycles. The molecule has 1 aliphatic rings. The Hall–Kier alpha value is -2.67. The molecule has 0 atom stereocenters. The van der Waals surface area contributed by atoms with Gasteiger partial charge in [0.25, 0.3) is 5.56 Å². The lowest BCUT2D eigenvalue weighted by Gasteiger charge is -2.34. The molecule has 136 valence electrons. The lowest BCUT2D eigenvalue weighted by Crippen LogP contribution is -2.47. The standard InChI is InChI=1S/C19H23N5O2/c25-18-16-5-15-26-17(16)4-10-23(18)9-2-1-8-22-11-13-24(14-12-22)19-20-6-3-7-21-19/h3-7,10,15H,1-2,8-9,11-14H2. The van der Waals surface area contributed by atoms with E-state index in [9.17, 15) is 4.79 Å². The topological polar surface area (TPSA) is 67.4 Å². The summed E-state index contributed by atoms with van der Waals surface area (Å²) < 4.78 is 7.05. The maximum absolute atomic E-state index is 12.3. The first kappa shape index (κ1) is 16.8. The summed E-state index contributed by atoms with van der Waals surface area (Å²) in [4.78, 5) is 25.7. The Kier molecular flexibility index (Phi) is 4.97. The molecule has 0 radical (unpaired) electrons. The fraction of sp³-hybridized carbons (Fsp3) is 0.421. The number of hydrogen-bond acceptors (Lipinski definition) is 6. The quantitative estimate of drug-likeness (QED) is 0.632. The van der Waals surface area contributed by atoms with Crippen LogP contribution in [-0.2, 0) is 6.54 Å². The van der Waals surface area contributed by atoms with E-state index in [-0.39, 0.29) is 5.56 Å². The van der Waals surface area contributed by atoms with E-state index in [1.54, 1.807) is 29.3 Å². The van der Waals surface area contributed by atoms with Crippen molar-refractivity contribution in [3.8, 4) is 0 Å². The third kappa shape index (κ3) is 3.62. The highest BCUT2D eigenvalue weighted by atomic mass is 16.3. The van der Waals surface area contributed by atoms with Crippen molar-refractivity contribution in [1.29, 1.82) is 0 Å². The lowest BCUT2D eigenvalue weighted by molar-refractivity contribution is 0.250. The Bertz CT molecular complexity index is 897. The summed E-state index contributed by atoms with van der Waals surface area (Å²) >= 11 is 0. The number of fused-ring (bicyclic) bond motifs is 1. The van der Waals surface area contributed by atoms with Gasteiger partial charge in [0.2, 0.25) is 5.95 Å². The van der Waals surface area contributed by atoms with Gasteiger partial charge in [0, 0.05) is 51.3 Å². The van der Waals surface area contributed by atoms with Crippen molar-refractivity contribution in [2.75, 3.05) is 37.6 Å². The molecule has 0 amide bonds. The highest BCUT2D eigenvalue weighted by Crippen LogP contribution is 2.12. The minimum absolute atomic E-state index is 0.0349. The summed E-state index contributed by atoms with van der Waals surface area (Å²) in [6, 6.07) is 5.45. The van der Waals surface area contributed by atoms with E-state index >= 15 is 0 Å². The molecule has 0 spiro atoms. The van der Waals surface area contributed by atoms with Crippen molar-refractivity contribution in [2.45, 2.75) is 19.4 Å². The summed E-state index contributed by atoms with van der Waals surface area (Å²) in [6.07, 6.45) is 9.04. The van der Waals surface area contributed by atoms with Gasteiger partial charge in [-0.3, -0.25) is 9.69 Å². The predicted octanol–water partition coefficient (Wildman–Crippen LogP) is 1.99. The van der Waals surface area contributed by atoms with Crippen molar-refractivity contribution in [3.05, 3.63) is 53.4 Å². The zero-order valence-electron chi connectivity index (χ0n) is 14.8. The van der Waals surface area contributed by atoms with Gasteiger partial charge in [-0.2, -0.15) is 0 Å². The fourth-order valence-electron chi connectivity index (χ4n) is 3.43. The third-order valence-corrected chi connectivity index (χ3v) is 4.92. The molecule has 1 fully saturated rings. The van der Waals surface area contributed by atoms with E-state index < -0.39 is 0 Å². The monoisotopic (exact) mass is 353 g/mol. The van der Waals surface area contributed by atoms with Crippen molar-refractivity contribution < 1.29 is 4.42 Å². The maximum atomic E-state index is 12.3. The molecule has 7 nitrogen and oxygen atoms in total. The van der Waals surface area contributed by atoms with Crippen molar-refractivity contribution >= 4 is 16.9 Å². The SMILES string of the molecule is O=c1c2ccoc2ccn1CCCCN1CCN(c2ncccn2)CC1. The molecule has 3 aromatic rings. The number of aryl methyl sites for hydroxylation is 1. The number of hydrogen-bond donors (Lipinski definition) is 0. The molecule has 1 saturated heterocycles. The van der Waals surface area contributed by atoms with Gasteiger partial charge in [0.1, 0.15) is 5.58 Å². The van der Waals surface area contributed by atoms with Gasteiger partial charge in [-0.25, -0.2) is 9.97 Å². The van der Waals surface area contributed by atoms with Gasteiger partial charge in [-0.05, 0) is 37.6 Å². The number of furan rings is 1. The molecule has 4 heterocycles. The average Bonchev–Trinajstić information content (AvgIpc) is 3.18. The first-order chi connectivity index (χ1) is 12.8. The Labute approximate surface area is 151 Å². The van der Waals surface area contributed by atoms with Crippen LogP contribution in [0.1, 0.15) is 12.8 Å². The summed E-state index contributed by atoms with van der Waals surface area (Å²) in [5, 5.41) is 0.659. The molecule has 3 aromatic heterocycles. The van der Waals surface area contributed by atoms with Crippen LogP contribution in [0.5, 0.6) is 0 Å². The number of pyridine rings is 1. The second kappa shape index (κ2) is 7.70. The number of aromatic nitrogens is 3. The van der Waals surface area contributed by atoms with Crippen LogP contribution in [0.15, 0.2) is 52.3 Å². The molecular weight excluding hydrogens is 330 g/mol. The first-order valence-electron chi connectivity index (χ1n) is 9.12. The summed E-state index contributed by atoms with van der Waals surface area (Å²) in [6.45, 7) is 5.78. The van der Waals surface area contributed by atoms with Gasteiger partial charge in [-0.15, -0.1) is 0 Å². The Morgan fingerprint density at radius 3 is 2.58 bits per heavy atom. The molecular formula is C19H23N5O2. The molecule has 0 bridgehead atoms. The normalized spacial score (nSPS) is 15.6. The largest absolute Gasteiger partial charge is 0.464 e. The van der Waals surface area contributed by atoms with E-state index in [1.807, 2.05) is 18.3 Å². The van der Waals surface area contributed by atoms with Crippen LogP contribution < -0.4 is 10.5 Å². The van der Waals surface area contributed by atoms with Crippen molar-refractivity contribution in [1.82, 2.24) is 19.4 Å². The first-order valence-corrected chi connectivity index (χ1v) is 9.12. The van der Waals surface area contributed by atoms with Gasteiger partial charge < -0.3 is 13.9 Å². The molecule has 26 heavy (non-hydrogen) atoms. The average molecular weight is 353 g/mol. The van der Waals surface area contributed by atoms with Crippen LogP contribution in [0.2, 0.25) is 0 Å². The van der Waals surface area contributed by atoms with E-state index in [1.165, 1.54) is 0 Å². The van der Waals surface area contributed by atoms with Gasteiger partial charge in [-0.1, -0.05) is 0 Å².